The van der Waals surface area contributed by atoms with Gasteiger partial charge in [0.05, 0.1) is 6.61 Å². The summed E-state index contributed by atoms with van der Waals surface area (Å²) in [5.41, 5.74) is 39.3. The van der Waals surface area contributed by atoms with Crippen LogP contribution in [-0.4, -0.2) is 44.9 Å². The van der Waals surface area contributed by atoms with Crippen LogP contribution in [0.2, 0.25) is 0 Å². The molecule has 0 saturated heterocycles. The van der Waals surface area contributed by atoms with Crippen LogP contribution in [0.3, 0.4) is 0 Å². The fourth-order valence-corrected chi connectivity index (χ4v) is 19.4. The number of furan rings is 2. The summed E-state index contributed by atoms with van der Waals surface area (Å²) in [7, 11) is 0. The van der Waals surface area contributed by atoms with Crippen LogP contribution in [-0.2, 0) is 18.3 Å². The number of hydrogen-bond donors (Lipinski definition) is 4. The summed E-state index contributed by atoms with van der Waals surface area (Å²) in [4.78, 5) is 7.03. The largest absolute Gasteiger partial charge is 0.492 e. The Morgan fingerprint density at radius 2 is 0.554 bits per heavy atom. The van der Waals surface area contributed by atoms with Crippen molar-refractivity contribution in [1.82, 2.24) is 24.6 Å². The quantitative estimate of drug-likeness (QED) is 0.0708. The summed E-state index contributed by atoms with van der Waals surface area (Å²) >= 11 is 0. The van der Waals surface area contributed by atoms with Crippen molar-refractivity contribution in [1.29, 1.82) is 0 Å². The summed E-state index contributed by atoms with van der Waals surface area (Å²) in [6, 6.07) is 153. The second kappa shape index (κ2) is 56.7. The second-order valence-electron chi connectivity index (χ2n) is 36.0. The lowest BCUT2D eigenvalue weighted by molar-refractivity contribution is 0.358. The van der Waals surface area contributed by atoms with Gasteiger partial charge in [-0.05, 0) is 258 Å². The van der Waals surface area contributed by atoms with Crippen molar-refractivity contribution in [2.24, 2.45) is 0 Å². The molecule has 1 fully saturated rings. The fourth-order valence-electron chi connectivity index (χ4n) is 19.4. The van der Waals surface area contributed by atoms with E-state index in [1.807, 2.05) is 84.0 Å². The van der Waals surface area contributed by atoms with Crippen molar-refractivity contribution in [3.05, 3.63) is 469 Å². The molecule has 0 radical (unpaired) electrons. The average molecular weight is 1980 g/mol. The maximum Gasteiger partial charge on any atom is 0.143 e. The number of rotatable bonds is 16. The molecule has 148 heavy (non-hydrogen) atoms. The van der Waals surface area contributed by atoms with Crippen molar-refractivity contribution >= 4 is 95.1 Å². The first-order valence-electron chi connectivity index (χ1n) is 49.4. The average Bonchev–Trinajstić information content (AvgIpc) is 1.60. The Morgan fingerprint density at radius 1 is 0.250 bits per heavy atom. The van der Waals surface area contributed by atoms with E-state index in [0.717, 1.165) is 137 Å². The Hall–Kier alpha value is -15.7. The molecule has 17 heteroatoms. The molecule has 1 aliphatic heterocycles. The first-order valence-corrected chi connectivity index (χ1v) is 49.4. The highest BCUT2D eigenvalue weighted by molar-refractivity contribution is 6.11. The van der Waals surface area contributed by atoms with Gasteiger partial charge < -0.3 is 91.2 Å². The molecule has 20 aromatic rings. The van der Waals surface area contributed by atoms with Crippen LogP contribution in [0.5, 0.6) is 5.75 Å². The van der Waals surface area contributed by atoms with E-state index in [-0.39, 0.29) is 68.4 Å². The van der Waals surface area contributed by atoms with Crippen molar-refractivity contribution in [2.75, 3.05) is 21.3 Å². The molecular weight excluding hydrogens is 1830 g/mol. The number of aryl methyl sites for hydroxylation is 5. The summed E-state index contributed by atoms with van der Waals surface area (Å²) in [6.45, 7) is 26.0. The van der Waals surface area contributed by atoms with Gasteiger partial charge in [0.1, 0.15) is 28.1 Å². The van der Waals surface area contributed by atoms with Crippen molar-refractivity contribution < 1.29 is 51.9 Å². The van der Waals surface area contributed by atoms with Gasteiger partial charge in [0, 0.05) is 95.8 Å². The molecular formula is C131H151N7O10. The van der Waals surface area contributed by atoms with Crippen LogP contribution in [0, 0.1) is 27.7 Å². The summed E-state index contributed by atoms with van der Waals surface area (Å²) in [6.07, 6.45) is 10.1. The highest BCUT2D eigenvalue weighted by Gasteiger charge is 2.31. The molecule has 1 saturated carbocycles. The molecule has 770 valence electrons. The Labute approximate surface area is 874 Å². The van der Waals surface area contributed by atoms with Crippen molar-refractivity contribution in [2.45, 2.75) is 146 Å². The van der Waals surface area contributed by atoms with E-state index >= 15 is 0 Å². The Balaban J connectivity index is 0.000000309. The number of nitrogens with zero attached hydrogens (tertiary/aromatic N) is 3. The second-order valence-corrected chi connectivity index (χ2v) is 36.0. The third kappa shape index (κ3) is 27.2. The number of benzene rings is 18. The molecule has 0 bridgehead atoms. The Kier molecular flexibility index (Phi) is 46.4. The minimum Gasteiger partial charge on any atom is -0.492 e. The number of hydrogen-bond acceptors (Lipinski definition) is 10. The van der Waals surface area contributed by atoms with Gasteiger partial charge in [-0.1, -0.05) is 400 Å². The lowest BCUT2D eigenvalue weighted by atomic mass is 9.83. The van der Waals surface area contributed by atoms with Crippen LogP contribution in [0.25, 0.3) is 111 Å². The third-order valence-electron chi connectivity index (χ3n) is 26.6. The maximum atomic E-state index is 6.34. The van der Waals surface area contributed by atoms with Crippen LogP contribution in [0.15, 0.2) is 433 Å². The minimum atomic E-state index is 0. The summed E-state index contributed by atoms with van der Waals surface area (Å²) < 4.78 is 18.6. The molecule has 2 aliphatic carbocycles. The van der Waals surface area contributed by atoms with E-state index in [2.05, 4.69) is 438 Å². The highest BCUT2D eigenvalue weighted by Crippen LogP contribution is 2.48. The number of anilines is 9. The predicted molar refractivity (Wildman–Crippen MR) is 632 cm³/mol. The van der Waals surface area contributed by atoms with E-state index in [1.165, 1.54) is 133 Å². The normalized spacial score (nSPS) is 11.7. The maximum absolute atomic E-state index is 6.34. The number of para-hydroxylation sites is 5. The predicted octanol–water partition coefficient (Wildman–Crippen LogP) is 33.4. The van der Waals surface area contributed by atoms with Gasteiger partial charge in [0.15, 0.2) is 0 Å². The molecule has 2 aromatic heterocycles. The zero-order valence-corrected chi connectivity index (χ0v) is 87.8. The monoisotopic (exact) mass is 1980 g/mol. The van der Waals surface area contributed by atoms with Crippen molar-refractivity contribution in [3.63, 3.8) is 0 Å². The number of ether oxygens (including phenoxy) is 1. The van der Waals surface area contributed by atoms with E-state index in [1.54, 1.807) is 0 Å². The lowest BCUT2D eigenvalue weighted by Gasteiger charge is -2.28. The highest BCUT2D eigenvalue weighted by atomic mass is 16.5. The first-order chi connectivity index (χ1) is 67.3. The van der Waals surface area contributed by atoms with Crippen LogP contribution in [0.1, 0.15) is 144 Å². The zero-order valence-electron chi connectivity index (χ0n) is 87.8. The zero-order chi connectivity index (χ0) is 94.7. The molecule has 0 spiro atoms. The molecule has 26 N–H and O–H groups in total. The van der Waals surface area contributed by atoms with Gasteiger partial charge in [-0.3, -0.25) is 0 Å². The SMILES string of the molecule is CC.CC.CC.Cc1ccc(N(c2ccc(-c3ccc(-c4ccccc4)cc3)cc2)c2ccc(-c3cccc4c3OCC4)cc2)cc1.Cc1ccc(N(c2ccc(-c3cccc(C4CCCCC4)c3)cc2)c2ccc(-c3cccc4c3oc3ccccc34)cc2)cc1.Cc1ccc(N(c2ccc(-c3cccc4c3oc3ccccc34)cc2)c2ccc3c(c2)C(C)(C)CC3)cc1.Cc1ccccc1.N.N.N.N.O.O.O.O.O.O.O. The smallest absolute Gasteiger partial charge is 0.143 e. The van der Waals surface area contributed by atoms with Gasteiger partial charge in [-0.25, -0.2) is 0 Å². The molecule has 0 atom stereocenters. The topological polar surface area (TPSA) is 406 Å². The van der Waals surface area contributed by atoms with Crippen LogP contribution >= 0.6 is 0 Å². The molecule has 18 aromatic carbocycles. The van der Waals surface area contributed by atoms with Crippen LogP contribution < -0.4 is 44.0 Å². The molecule has 17 nitrogen and oxygen atoms in total. The van der Waals surface area contributed by atoms with Crippen molar-refractivity contribution in [3.8, 4) is 72.5 Å². The van der Waals surface area contributed by atoms with Gasteiger partial charge in [0.25, 0.3) is 0 Å². The summed E-state index contributed by atoms with van der Waals surface area (Å²) in [5, 5.41) is 4.62. The lowest BCUT2D eigenvalue weighted by Crippen LogP contribution is -2.14. The van der Waals surface area contributed by atoms with E-state index < -0.39 is 0 Å². The summed E-state index contributed by atoms with van der Waals surface area (Å²) in [5.74, 6) is 1.74. The first kappa shape index (κ1) is 121. The molecule has 3 aliphatic rings. The molecule has 0 unspecified atom stereocenters. The Bertz CT molecular complexity index is 7390. The van der Waals surface area contributed by atoms with Gasteiger partial charge in [-0.15, -0.1) is 0 Å². The Morgan fingerprint density at radius 3 is 0.959 bits per heavy atom. The van der Waals surface area contributed by atoms with Gasteiger partial charge in [0.2, 0.25) is 0 Å². The van der Waals surface area contributed by atoms with E-state index in [0.29, 0.717) is 5.92 Å². The fraction of sp³-hybridized carbons (Fsp3) is 0.176. The van der Waals surface area contributed by atoms with E-state index in [9.17, 15) is 0 Å². The van der Waals surface area contributed by atoms with Gasteiger partial charge in [-0.2, -0.15) is 0 Å². The standard InChI is InChI=1S/C43H37NO.C39H31NO.C36H31NO.C7H8.3C2H6.4H3N.7H2O/c1-30-17-23-36(24-18-30)44(37-25-19-32(20-26-37)35-12-7-11-34(29-35)31-9-3-2-4-10-31)38-27-21-33(22-28-38)39-14-8-15-41-40-13-5-6-16-42(40)45-43(39)41;1-28-10-20-35(21-11-28)40(37-24-18-33(19-25-37)38-9-5-8-34-26-27-41-39(34)38)36-22-16-32(17-23-36)31-14-12-30(13-15-31)29-6-3-2-4-7-29;1-24-11-16-27(17-12-24)37(29-20-15-26-21-22-36(2,3)33(26)23-29)28-18-13-25(14-19-28)30-8-6-9-32-31-7-4-5-10-34(31)38-35(30)32;1-7-5-3-2-4-6-7;3*1-2;;;;;;;;;;;/h5-8,11-29,31H,2-4,9-10H2,1H3;2-25H,26-27H2,1H3;4-20,23H,21-22H2,1-3H3;2-6H,1H3;3*1-2H3;4*1H3;7*1H2. The van der Waals surface area contributed by atoms with Crippen LogP contribution in [0.4, 0.5) is 51.2 Å². The van der Waals surface area contributed by atoms with Gasteiger partial charge >= 0.3 is 0 Å². The molecule has 3 heterocycles. The third-order valence-corrected chi connectivity index (χ3v) is 26.6. The molecule has 23 rings (SSSR count). The molecule has 0 amide bonds. The number of fused-ring (bicyclic) bond motifs is 8. The minimum absolute atomic E-state index is 0. The van der Waals surface area contributed by atoms with E-state index in [4.69, 9.17) is 13.6 Å².